The van der Waals surface area contributed by atoms with Gasteiger partial charge in [0.1, 0.15) is 17.2 Å². The minimum absolute atomic E-state index is 0.0664. The van der Waals surface area contributed by atoms with Gasteiger partial charge in [0, 0.05) is 86.7 Å². The second kappa shape index (κ2) is 19.7. The zero-order valence-electron chi connectivity index (χ0n) is 43.3. The van der Waals surface area contributed by atoms with Crippen LogP contribution in [0.1, 0.15) is 121 Å². The highest BCUT2D eigenvalue weighted by molar-refractivity contribution is 6.10. The Morgan fingerprint density at radius 3 is 2.32 bits per heavy atom. The van der Waals surface area contributed by atoms with Crippen molar-refractivity contribution in [1.29, 1.82) is 0 Å². The van der Waals surface area contributed by atoms with Crippen molar-refractivity contribution in [2.75, 3.05) is 60.9 Å². The van der Waals surface area contributed by atoms with Crippen molar-refractivity contribution >= 4 is 63.6 Å². The molecular formula is C58H68FN11O5. The molecule has 5 saturated heterocycles. The van der Waals surface area contributed by atoms with E-state index in [0.29, 0.717) is 101 Å². The molecule has 1 spiro atoms. The summed E-state index contributed by atoms with van der Waals surface area (Å²) in [5, 5.41) is 5.71. The molecule has 0 radical (unpaired) electrons. The van der Waals surface area contributed by atoms with Gasteiger partial charge in [0.15, 0.2) is 5.82 Å². The van der Waals surface area contributed by atoms with E-state index in [0.717, 1.165) is 65.2 Å². The number of nitrogens with zero attached hydrogens (tertiary/aromatic N) is 9. The molecule has 392 valence electrons. The number of likely N-dealkylation sites (tertiary alicyclic amines) is 3. The Bertz CT molecular complexity index is 3040. The lowest BCUT2D eigenvalue weighted by Crippen LogP contribution is -2.58. The van der Waals surface area contributed by atoms with E-state index in [4.69, 9.17) is 9.97 Å². The van der Waals surface area contributed by atoms with Crippen molar-refractivity contribution in [1.82, 2.24) is 39.5 Å². The molecule has 12 rings (SSSR count). The van der Waals surface area contributed by atoms with Gasteiger partial charge in [-0.05, 0) is 140 Å². The molecule has 3 aromatic heterocycles. The van der Waals surface area contributed by atoms with Crippen LogP contribution in [-0.2, 0) is 29.4 Å². The van der Waals surface area contributed by atoms with E-state index in [-0.39, 0.29) is 71.2 Å². The first kappa shape index (κ1) is 49.1. The molecule has 75 heavy (non-hydrogen) atoms. The van der Waals surface area contributed by atoms with Crippen LogP contribution in [-0.4, -0.2) is 128 Å². The van der Waals surface area contributed by atoms with Gasteiger partial charge in [0.25, 0.3) is 0 Å². The van der Waals surface area contributed by atoms with Gasteiger partial charge in [-0.15, -0.1) is 0 Å². The molecule has 1 saturated carbocycles. The number of imide groups is 1. The third-order valence-electron chi connectivity index (χ3n) is 18.2. The number of anilines is 4. The number of fused-ring (bicyclic) bond motifs is 3. The normalized spacial score (nSPS) is 25.3. The third kappa shape index (κ3) is 8.81. The lowest BCUT2D eigenvalue weighted by molar-refractivity contribution is -0.142. The molecule has 16 nitrogen and oxygen atoms in total. The number of para-hydroxylation sites is 1. The van der Waals surface area contributed by atoms with E-state index < -0.39 is 5.41 Å². The van der Waals surface area contributed by atoms with E-state index in [1.165, 1.54) is 25.3 Å². The number of amides is 5. The van der Waals surface area contributed by atoms with Crippen LogP contribution in [0.2, 0.25) is 0 Å². The smallest absolute Gasteiger partial charge is 0.238 e. The average molecular weight is 1020 g/mol. The maximum absolute atomic E-state index is 15.3. The Morgan fingerprint density at radius 2 is 1.60 bits per heavy atom. The van der Waals surface area contributed by atoms with Gasteiger partial charge >= 0.3 is 0 Å². The number of carbonyl (C=O) groups is 5. The van der Waals surface area contributed by atoms with Crippen LogP contribution >= 0.6 is 0 Å². The van der Waals surface area contributed by atoms with Gasteiger partial charge in [-0.3, -0.25) is 29.3 Å². The molecule has 0 bridgehead atoms. The van der Waals surface area contributed by atoms with Crippen molar-refractivity contribution in [3.8, 4) is 11.3 Å². The quantitative estimate of drug-likeness (QED) is 0.131. The fourth-order valence-electron chi connectivity index (χ4n) is 13.6. The highest BCUT2D eigenvalue weighted by Crippen LogP contribution is 2.52. The summed E-state index contributed by atoms with van der Waals surface area (Å²) in [6.45, 7) is 11.2. The lowest BCUT2D eigenvalue weighted by Gasteiger charge is -2.48. The van der Waals surface area contributed by atoms with Gasteiger partial charge in [0.2, 0.25) is 29.5 Å². The van der Waals surface area contributed by atoms with Crippen LogP contribution in [0.25, 0.3) is 22.3 Å². The van der Waals surface area contributed by atoms with Crippen molar-refractivity contribution in [3.63, 3.8) is 0 Å². The van der Waals surface area contributed by atoms with Gasteiger partial charge in [-0.2, -0.15) is 0 Å². The number of nitrogens with one attached hydrogen (secondary N) is 2. The molecule has 9 heterocycles. The monoisotopic (exact) mass is 1020 g/mol. The first-order valence-electron chi connectivity index (χ1n) is 27.6. The summed E-state index contributed by atoms with van der Waals surface area (Å²) >= 11 is 0. The highest BCUT2D eigenvalue weighted by Gasteiger charge is 2.56. The number of aromatic nitrogens is 4. The molecule has 5 aromatic rings. The maximum Gasteiger partial charge on any atom is 0.238 e. The number of piperidine rings is 4. The fraction of sp³-hybridized carbons (Fsp3) is 0.517. The predicted molar refractivity (Wildman–Crippen MR) is 284 cm³/mol. The molecule has 7 aliphatic rings. The average Bonchev–Trinajstić information content (AvgIpc) is 4.10. The number of pyridine rings is 2. The Balaban J connectivity index is 0.739. The number of benzene rings is 2. The third-order valence-corrected chi connectivity index (χ3v) is 18.2. The number of hydrogen-bond donors (Lipinski definition) is 2. The fourth-order valence-corrected chi connectivity index (χ4v) is 13.6. The van der Waals surface area contributed by atoms with E-state index in [1.54, 1.807) is 30.7 Å². The Labute approximate surface area is 437 Å². The van der Waals surface area contributed by atoms with Crippen LogP contribution in [0.15, 0.2) is 73.2 Å². The molecule has 1 aliphatic carbocycles. The number of hydrogen-bond acceptors (Lipinski definition) is 11. The zero-order valence-corrected chi connectivity index (χ0v) is 43.3. The first-order valence-corrected chi connectivity index (χ1v) is 27.6. The minimum atomic E-state index is -0.769. The van der Waals surface area contributed by atoms with Gasteiger partial charge in [-0.1, -0.05) is 36.8 Å². The minimum Gasteiger partial charge on any atom is -0.357 e. The second-order valence-electron chi connectivity index (χ2n) is 22.6. The van der Waals surface area contributed by atoms with Gasteiger partial charge in [0.05, 0.1) is 40.5 Å². The van der Waals surface area contributed by atoms with Crippen molar-refractivity contribution in [2.24, 2.45) is 11.8 Å². The SMILES string of the molecule is CC(C)n1cnc2cc(-c3ccc4c(c3)N(C3CC(N5CCCCC5)C3)C(=O)C43CCN(C(=O)[C@@H]4CCN(C(=O)C5CCN(c6ccc(C7CCC(=O)NC7=O)cn6)CC5)[C@@H]4C)CC3)nc(Nc3ccccc3F)c21. The summed E-state index contributed by atoms with van der Waals surface area (Å²) in [6, 6.07) is 19.1. The topological polar surface area (TPSA) is 169 Å². The standard InChI is InChI=1S/C58H68FN11O5/c1-35(2)69-34-61-48-32-47(63-53(52(48)69)62-46-10-6-5-9-45(46)59)38-11-14-44-49(29-38)70(41-30-40(31-41)65-22-7-4-8-23-65)57(75)58(44)20-27-67(28-21-58)56(74)42-19-26-68(36(42)3)55(73)37-17-24-66(25-18-37)50-15-12-39(33-60-50)43-13-16-51(71)64-54(43)72/h5-6,9-12,14-15,29,32-37,40-43H,4,7-8,13,16-28,30-31H2,1-3H3,(H,62,63)(H,64,71,72)/t36-,40?,41?,42-,43?/m1/s1. The summed E-state index contributed by atoms with van der Waals surface area (Å²) in [6.07, 6.45) is 12.9. The van der Waals surface area contributed by atoms with E-state index in [1.807, 2.05) is 39.5 Å². The Hall–Kier alpha value is -6.75. The molecule has 2 N–H and O–H groups in total. The molecule has 6 fully saturated rings. The van der Waals surface area contributed by atoms with Gasteiger partial charge in [-0.25, -0.2) is 19.3 Å². The molecular weight excluding hydrogens is 950 g/mol. The number of carbonyl (C=O) groups excluding carboxylic acids is 5. The molecule has 1 unspecified atom stereocenters. The second-order valence-corrected chi connectivity index (χ2v) is 22.6. The van der Waals surface area contributed by atoms with E-state index >= 15 is 9.18 Å². The van der Waals surface area contributed by atoms with Crippen molar-refractivity contribution in [3.05, 3.63) is 90.1 Å². The Morgan fingerprint density at radius 1 is 0.827 bits per heavy atom. The molecule has 17 heteroatoms. The van der Waals surface area contributed by atoms with Gasteiger partial charge < -0.3 is 34.4 Å². The largest absolute Gasteiger partial charge is 0.357 e. The summed E-state index contributed by atoms with van der Waals surface area (Å²) in [5.74, 6) is -0.127. The number of rotatable bonds is 10. The van der Waals surface area contributed by atoms with Crippen LogP contribution in [0.5, 0.6) is 0 Å². The molecule has 3 atom stereocenters. The first-order chi connectivity index (χ1) is 36.3. The van der Waals surface area contributed by atoms with Crippen LogP contribution in [0, 0.1) is 17.7 Å². The summed E-state index contributed by atoms with van der Waals surface area (Å²) in [4.78, 5) is 93.5. The van der Waals surface area contributed by atoms with Crippen LogP contribution in [0.3, 0.4) is 0 Å². The molecule has 5 amide bonds. The summed E-state index contributed by atoms with van der Waals surface area (Å²) in [5.41, 5.74) is 5.30. The van der Waals surface area contributed by atoms with Crippen LogP contribution in [0.4, 0.5) is 27.4 Å². The van der Waals surface area contributed by atoms with E-state index in [9.17, 15) is 19.2 Å². The number of halogens is 1. The van der Waals surface area contributed by atoms with E-state index in [2.05, 4.69) is 62.4 Å². The lowest BCUT2D eigenvalue weighted by atomic mass is 9.73. The highest BCUT2D eigenvalue weighted by atomic mass is 19.1. The zero-order chi connectivity index (χ0) is 51.7. The molecule has 6 aliphatic heterocycles. The molecule has 2 aromatic carbocycles. The Kier molecular flexibility index (Phi) is 12.9. The van der Waals surface area contributed by atoms with Crippen LogP contribution < -0.4 is 20.4 Å². The predicted octanol–water partition coefficient (Wildman–Crippen LogP) is 7.85. The maximum atomic E-state index is 15.3. The summed E-state index contributed by atoms with van der Waals surface area (Å²) < 4.78 is 17.2. The van der Waals surface area contributed by atoms with Crippen molar-refractivity contribution in [2.45, 2.75) is 133 Å². The summed E-state index contributed by atoms with van der Waals surface area (Å²) in [7, 11) is 0. The van der Waals surface area contributed by atoms with Crippen molar-refractivity contribution < 1.29 is 28.4 Å². The number of imidazole rings is 1.